The second-order valence-electron chi connectivity index (χ2n) is 10.6. The Morgan fingerprint density at radius 3 is 2.41 bits per heavy atom. The quantitative estimate of drug-likeness (QED) is 0.283. The molecule has 2 aromatic heterocycles. The molecule has 41 heavy (non-hydrogen) atoms. The Bertz CT molecular complexity index is 1590. The van der Waals surface area contributed by atoms with Crippen LogP contribution in [0.1, 0.15) is 53.1 Å². The first-order chi connectivity index (χ1) is 19.9. The van der Waals surface area contributed by atoms with Gasteiger partial charge in [-0.15, -0.1) is 0 Å². The van der Waals surface area contributed by atoms with E-state index in [1.54, 1.807) is 18.2 Å². The van der Waals surface area contributed by atoms with Crippen molar-refractivity contribution in [2.24, 2.45) is 5.92 Å². The van der Waals surface area contributed by atoms with Gasteiger partial charge >= 0.3 is 5.97 Å². The van der Waals surface area contributed by atoms with Crippen LogP contribution in [-0.4, -0.2) is 49.7 Å². The molecule has 0 radical (unpaired) electrons. The number of likely N-dealkylation sites (tertiary alicyclic amines) is 1. The van der Waals surface area contributed by atoms with Crippen LogP contribution in [0.3, 0.4) is 0 Å². The number of nitrogens with two attached hydrogens (primary N) is 1. The standard InChI is InChI=1S/C31H30ClN5O4/c32-25-4-1-3-23(26-5-2-6-27(35-26)37-29(33)24(17-34-37)31(39)40)28(25)41-18-19-7-9-20(10-8-19)21-13-15-36(16-14-21)30(38)22-11-12-22/h1-10,17,21-22H,11-16,18,33H2,(H,39,40). The van der Waals surface area contributed by atoms with Crippen LogP contribution in [0.4, 0.5) is 5.82 Å². The molecule has 1 amide bonds. The number of carbonyl (C=O) groups is 2. The maximum Gasteiger partial charge on any atom is 0.341 e. The molecule has 2 fully saturated rings. The molecule has 1 saturated carbocycles. The summed E-state index contributed by atoms with van der Waals surface area (Å²) in [6.45, 7) is 1.99. The number of pyridine rings is 1. The molecule has 10 heteroatoms. The Morgan fingerprint density at radius 1 is 1.00 bits per heavy atom. The summed E-state index contributed by atoms with van der Waals surface area (Å²) in [6, 6.07) is 19.2. The lowest BCUT2D eigenvalue weighted by Crippen LogP contribution is -2.38. The molecule has 1 saturated heterocycles. The number of piperidine rings is 1. The lowest BCUT2D eigenvalue weighted by Gasteiger charge is -2.32. The van der Waals surface area contributed by atoms with Crippen LogP contribution in [0.5, 0.6) is 5.75 Å². The molecular formula is C31H30ClN5O4. The van der Waals surface area contributed by atoms with Gasteiger partial charge < -0.3 is 20.5 Å². The van der Waals surface area contributed by atoms with E-state index in [1.807, 2.05) is 23.1 Å². The van der Waals surface area contributed by atoms with Crippen molar-refractivity contribution in [1.29, 1.82) is 0 Å². The normalized spacial score (nSPS) is 15.6. The maximum atomic E-state index is 12.4. The van der Waals surface area contributed by atoms with E-state index in [1.165, 1.54) is 16.4 Å². The molecule has 210 valence electrons. The Kier molecular flexibility index (Phi) is 7.36. The summed E-state index contributed by atoms with van der Waals surface area (Å²) < 4.78 is 7.51. The van der Waals surface area contributed by atoms with E-state index in [4.69, 9.17) is 22.1 Å². The molecule has 2 aromatic carbocycles. The summed E-state index contributed by atoms with van der Waals surface area (Å²) in [6.07, 6.45) is 5.29. The molecule has 3 N–H and O–H groups in total. The number of hydrogen-bond donors (Lipinski definition) is 2. The van der Waals surface area contributed by atoms with E-state index < -0.39 is 5.97 Å². The highest BCUT2D eigenvalue weighted by atomic mass is 35.5. The molecule has 6 rings (SSSR count). The number of hydrogen-bond acceptors (Lipinski definition) is 6. The number of ether oxygens (including phenoxy) is 1. The summed E-state index contributed by atoms with van der Waals surface area (Å²) >= 11 is 6.57. The number of carboxylic acid groups (broad SMARTS) is 1. The van der Waals surface area contributed by atoms with E-state index >= 15 is 0 Å². The predicted molar refractivity (Wildman–Crippen MR) is 155 cm³/mol. The van der Waals surface area contributed by atoms with Gasteiger partial charge in [-0.25, -0.2) is 9.78 Å². The topological polar surface area (TPSA) is 124 Å². The summed E-state index contributed by atoms with van der Waals surface area (Å²) in [4.78, 5) is 30.4. The van der Waals surface area contributed by atoms with Crippen LogP contribution in [0.2, 0.25) is 5.02 Å². The fourth-order valence-electron chi connectivity index (χ4n) is 5.32. The maximum absolute atomic E-state index is 12.4. The predicted octanol–water partition coefficient (Wildman–Crippen LogP) is 5.56. The number of halogens is 1. The van der Waals surface area contributed by atoms with Crippen molar-refractivity contribution < 1.29 is 19.4 Å². The van der Waals surface area contributed by atoms with Crippen molar-refractivity contribution in [3.8, 4) is 22.8 Å². The van der Waals surface area contributed by atoms with Crippen LogP contribution in [0, 0.1) is 5.92 Å². The highest BCUT2D eigenvalue weighted by Crippen LogP contribution is 2.37. The van der Waals surface area contributed by atoms with Crippen LogP contribution in [0.15, 0.2) is 66.9 Å². The molecule has 3 heterocycles. The number of rotatable bonds is 8. The highest BCUT2D eigenvalue weighted by Gasteiger charge is 2.35. The lowest BCUT2D eigenvalue weighted by molar-refractivity contribution is -0.133. The van der Waals surface area contributed by atoms with Crippen LogP contribution in [-0.2, 0) is 11.4 Å². The van der Waals surface area contributed by atoms with Crippen molar-refractivity contribution in [2.45, 2.75) is 38.2 Å². The fraction of sp³-hybridized carbons (Fsp3) is 0.290. The molecule has 2 aliphatic rings. The minimum Gasteiger partial charge on any atom is -0.487 e. The Hall–Kier alpha value is -4.37. The van der Waals surface area contributed by atoms with E-state index in [9.17, 15) is 14.7 Å². The zero-order valence-corrected chi connectivity index (χ0v) is 23.1. The number of para-hydroxylation sites is 1. The van der Waals surface area contributed by atoms with Gasteiger partial charge in [-0.3, -0.25) is 4.79 Å². The van der Waals surface area contributed by atoms with Crippen LogP contribution < -0.4 is 10.5 Å². The van der Waals surface area contributed by atoms with E-state index in [2.05, 4.69) is 34.3 Å². The smallest absolute Gasteiger partial charge is 0.341 e. The summed E-state index contributed by atoms with van der Waals surface area (Å²) in [5.41, 5.74) is 9.47. The average molecular weight is 572 g/mol. The molecule has 0 atom stereocenters. The highest BCUT2D eigenvalue weighted by molar-refractivity contribution is 6.32. The van der Waals surface area contributed by atoms with E-state index in [0.717, 1.165) is 44.3 Å². The van der Waals surface area contributed by atoms with Crippen molar-refractivity contribution >= 4 is 29.3 Å². The first-order valence-corrected chi connectivity index (χ1v) is 14.1. The number of aromatic carboxylic acids is 1. The van der Waals surface area contributed by atoms with Crippen molar-refractivity contribution in [3.05, 3.63) is 88.6 Å². The fourth-order valence-corrected chi connectivity index (χ4v) is 5.55. The number of anilines is 1. The molecule has 4 aromatic rings. The van der Waals surface area contributed by atoms with Crippen molar-refractivity contribution in [3.63, 3.8) is 0 Å². The minimum absolute atomic E-state index is 0.00883. The first-order valence-electron chi connectivity index (χ1n) is 13.7. The van der Waals surface area contributed by atoms with Gasteiger partial charge in [0.25, 0.3) is 0 Å². The second kappa shape index (κ2) is 11.2. The summed E-state index contributed by atoms with van der Waals surface area (Å²) in [5.74, 6) is 0.782. The van der Waals surface area contributed by atoms with Gasteiger partial charge in [0.05, 0.1) is 16.9 Å². The number of aromatic nitrogens is 3. The number of carbonyl (C=O) groups excluding carboxylic acids is 1. The molecule has 9 nitrogen and oxygen atoms in total. The third kappa shape index (κ3) is 5.63. The first kappa shape index (κ1) is 26.8. The third-order valence-corrected chi connectivity index (χ3v) is 8.10. The third-order valence-electron chi connectivity index (χ3n) is 7.80. The number of benzene rings is 2. The SMILES string of the molecule is Nc1c(C(=O)O)cnn1-c1cccc(-c2cccc(Cl)c2OCc2ccc(C3CCN(C(=O)C4CC4)CC3)cc2)n1. The van der Waals surface area contributed by atoms with Gasteiger partial charge in [0.15, 0.2) is 5.82 Å². The lowest BCUT2D eigenvalue weighted by atomic mass is 9.89. The van der Waals surface area contributed by atoms with Gasteiger partial charge in [-0.05, 0) is 67.0 Å². The monoisotopic (exact) mass is 571 g/mol. The molecule has 0 bridgehead atoms. The Balaban J connectivity index is 1.15. The van der Waals surface area contributed by atoms with Crippen LogP contribution >= 0.6 is 11.6 Å². The van der Waals surface area contributed by atoms with E-state index in [0.29, 0.717) is 46.3 Å². The summed E-state index contributed by atoms with van der Waals surface area (Å²) in [5, 5.41) is 13.9. The number of nitrogens with zero attached hydrogens (tertiary/aromatic N) is 4. The Labute approximate surface area is 242 Å². The number of nitrogen functional groups attached to an aromatic ring is 1. The number of amides is 1. The molecule has 1 aliphatic heterocycles. The van der Waals surface area contributed by atoms with Gasteiger partial charge in [-0.2, -0.15) is 9.78 Å². The molecule has 0 spiro atoms. The molecule has 1 aliphatic carbocycles. The molecule has 0 unspecified atom stereocenters. The number of carboxylic acids is 1. The largest absolute Gasteiger partial charge is 0.487 e. The zero-order chi connectivity index (χ0) is 28.5. The Morgan fingerprint density at radius 2 is 1.73 bits per heavy atom. The van der Waals surface area contributed by atoms with Gasteiger partial charge in [-0.1, -0.05) is 48.0 Å². The average Bonchev–Trinajstić information content (AvgIpc) is 3.77. The van der Waals surface area contributed by atoms with E-state index in [-0.39, 0.29) is 17.3 Å². The van der Waals surface area contributed by atoms with Gasteiger partial charge in [0.2, 0.25) is 5.91 Å². The van der Waals surface area contributed by atoms with Gasteiger partial charge in [0.1, 0.15) is 23.7 Å². The summed E-state index contributed by atoms with van der Waals surface area (Å²) in [7, 11) is 0. The van der Waals surface area contributed by atoms with Crippen molar-refractivity contribution in [2.75, 3.05) is 18.8 Å². The minimum atomic E-state index is -1.16. The second-order valence-corrected chi connectivity index (χ2v) is 11.0. The van der Waals surface area contributed by atoms with Gasteiger partial charge in [0, 0.05) is 24.6 Å². The van der Waals surface area contributed by atoms with Crippen LogP contribution in [0.25, 0.3) is 17.1 Å². The van der Waals surface area contributed by atoms with Crippen molar-refractivity contribution in [1.82, 2.24) is 19.7 Å². The zero-order valence-electron chi connectivity index (χ0n) is 22.4. The molecular weight excluding hydrogens is 542 g/mol.